The number of hydrogen-bond donors (Lipinski definition) is 0. The Bertz CT molecular complexity index is 995. The second-order valence-corrected chi connectivity index (χ2v) is 8.97. The van der Waals surface area contributed by atoms with Gasteiger partial charge in [-0.1, -0.05) is 18.2 Å². The van der Waals surface area contributed by atoms with Gasteiger partial charge in [0.25, 0.3) is 0 Å². The van der Waals surface area contributed by atoms with Crippen LogP contribution in [-0.2, 0) is 4.74 Å². The monoisotopic (exact) mass is 402 g/mol. The van der Waals surface area contributed by atoms with Crippen LogP contribution in [0.2, 0.25) is 0 Å². The molecule has 0 N–H and O–H groups in total. The maximum Gasteiger partial charge on any atom is 0.410 e. The van der Waals surface area contributed by atoms with Crippen molar-refractivity contribution in [1.82, 2.24) is 4.90 Å². The minimum Gasteiger partial charge on any atom is -0.457 e. The minimum absolute atomic E-state index is 0.212. The largest absolute Gasteiger partial charge is 0.457 e. The van der Waals surface area contributed by atoms with Crippen molar-refractivity contribution in [3.63, 3.8) is 0 Å². The van der Waals surface area contributed by atoms with Crippen molar-refractivity contribution in [2.75, 3.05) is 13.1 Å². The summed E-state index contributed by atoms with van der Waals surface area (Å²) in [6.07, 6.45) is 3.07. The summed E-state index contributed by atoms with van der Waals surface area (Å²) < 4.78 is 11.4. The van der Waals surface area contributed by atoms with E-state index in [2.05, 4.69) is 24.3 Å². The third-order valence-corrected chi connectivity index (χ3v) is 5.48. The molecule has 0 saturated carbocycles. The third-order valence-electron chi connectivity index (χ3n) is 5.48. The van der Waals surface area contributed by atoms with E-state index in [-0.39, 0.29) is 6.09 Å². The second-order valence-electron chi connectivity index (χ2n) is 8.97. The number of carbonyl (C=O) groups is 1. The van der Waals surface area contributed by atoms with E-state index < -0.39 is 5.60 Å². The van der Waals surface area contributed by atoms with Gasteiger partial charge in [-0.15, -0.1) is 0 Å². The minimum atomic E-state index is -0.461. The van der Waals surface area contributed by atoms with Gasteiger partial charge in [-0.3, -0.25) is 0 Å². The molecule has 4 rings (SSSR count). The first-order chi connectivity index (χ1) is 14.3. The average molecular weight is 402 g/mol. The van der Waals surface area contributed by atoms with Gasteiger partial charge in [0.15, 0.2) is 0 Å². The highest BCUT2D eigenvalue weighted by atomic mass is 16.6. The molecular formula is C25H26N2O3. The summed E-state index contributed by atoms with van der Waals surface area (Å²) in [4.78, 5) is 14.2. The zero-order chi connectivity index (χ0) is 21.3. The molecule has 1 aliphatic heterocycles. The normalized spacial score (nSPS) is 20.3. The molecule has 2 atom stereocenters. The molecule has 0 bridgehead atoms. The Morgan fingerprint density at radius 1 is 1.03 bits per heavy atom. The highest BCUT2D eigenvalue weighted by Gasteiger charge is 2.39. The molecular weight excluding hydrogens is 376 g/mol. The first kappa shape index (κ1) is 20.0. The van der Waals surface area contributed by atoms with E-state index in [0.29, 0.717) is 23.1 Å². The second kappa shape index (κ2) is 7.87. The van der Waals surface area contributed by atoms with Crippen molar-refractivity contribution in [2.24, 2.45) is 11.8 Å². The number of likely N-dealkylation sites (tertiary alicyclic amines) is 1. The number of rotatable bonds is 3. The number of benzene rings is 2. The van der Waals surface area contributed by atoms with Crippen LogP contribution < -0.4 is 4.74 Å². The lowest BCUT2D eigenvalue weighted by Crippen LogP contribution is -2.35. The molecule has 5 nitrogen and oxygen atoms in total. The van der Waals surface area contributed by atoms with Gasteiger partial charge in [-0.05, 0) is 86.6 Å². The fraction of sp³-hybridized carbons (Fsp3) is 0.360. The Labute approximate surface area is 177 Å². The molecule has 30 heavy (non-hydrogen) atoms. The summed E-state index contributed by atoms with van der Waals surface area (Å²) in [5.41, 5.74) is 2.68. The maximum absolute atomic E-state index is 12.3. The zero-order valence-electron chi connectivity index (χ0n) is 17.6. The number of carbonyl (C=O) groups excluding carboxylic acids is 1. The SMILES string of the molecule is CC(C)(C)OC(=O)N1C[C@H]2CC(c3ccc(Oc4ccc(C#N)cc4)cc3)=C[C@H]2C1. The maximum atomic E-state index is 12.3. The van der Waals surface area contributed by atoms with Crippen LogP contribution in [0.3, 0.4) is 0 Å². The van der Waals surface area contributed by atoms with Crippen LogP contribution in [0, 0.1) is 23.2 Å². The fourth-order valence-corrected chi connectivity index (χ4v) is 4.07. The predicted octanol–water partition coefficient (Wildman–Crippen LogP) is 5.62. The molecule has 0 unspecified atom stereocenters. The summed E-state index contributed by atoms with van der Waals surface area (Å²) >= 11 is 0. The van der Waals surface area contributed by atoms with Crippen molar-refractivity contribution >= 4 is 11.7 Å². The van der Waals surface area contributed by atoms with Crippen molar-refractivity contribution in [2.45, 2.75) is 32.8 Å². The van der Waals surface area contributed by atoms with E-state index in [1.165, 1.54) is 11.1 Å². The molecule has 2 aliphatic rings. The van der Waals surface area contributed by atoms with E-state index in [4.69, 9.17) is 14.7 Å². The van der Waals surface area contributed by atoms with Crippen LogP contribution in [0.1, 0.15) is 38.3 Å². The molecule has 0 radical (unpaired) electrons. The van der Waals surface area contributed by atoms with Crippen molar-refractivity contribution in [3.05, 3.63) is 65.7 Å². The molecule has 2 aromatic carbocycles. The zero-order valence-corrected chi connectivity index (χ0v) is 17.6. The highest BCUT2D eigenvalue weighted by molar-refractivity contribution is 5.72. The van der Waals surface area contributed by atoms with Crippen LogP contribution in [-0.4, -0.2) is 29.7 Å². The number of fused-ring (bicyclic) bond motifs is 1. The molecule has 2 aromatic rings. The van der Waals surface area contributed by atoms with Crippen LogP contribution in [0.4, 0.5) is 4.79 Å². The van der Waals surface area contributed by atoms with Gasteiger partial charge in [-0.2, -0.15) is 5.26 Å². The van der Waals surface area contributed by atoms with Crippen LogP contribution in [0.15, 0.2) is 54.6 Å². The summed E-state index contributed by atoms with van der Waals surface area (Å²) in [7, 11) is 0. The third kappa shape index (κ3) is 4.49. The van der Waals surface area contributed by atoms with Crippen molar-refractivity contribution < 1.29 is 14.3 Å². The first-order valence-corrected chi connectivity index (χ1v) is 10.3. The lowest BCUT2D eigenvalue weighted by atomic mass is 9.98. The smallest absolute Gasteiger partial charge is 0.410 e. The number of nitriles is 1. The van der Waals surface area contributed by atoms with E-state index >= 15 is 0 Å². The molecule has 5 heteroatoms. The van der Waals surface area contributed by atoms with Gasteiger partial charge in [0.1, 0.15) is 17.1 Å². The lowest BCUT2D eigenvalue weighted by Gasteiger charge is -2.24. The molecule has 0 spiro atoms. The number of allylic oxidation sites excluding steroid dienone is 1. The number of amides is 1. The molecule has 0 aromatic heterocycles. The standard InChI is InChI=1S/C25H26N2O3/c1-25(2,3)30-24(28)27-15-20-12-19(13-21(20)16-27)18-6-10-23(11-7-18)29-22-8-4-17(14-26)5-9-22/h4-12,20-21H,13,15-16H2,1-3H3/t20-,21+/m0/s1. The van der Waals surface area contributed by atoms with Crippen LogP contribution in [0.5, 0.6) is 11.5 Å². The van der Waals surface area contributed by atoms with Gasteiger partial charge in [0.2, 0.25) is 0 Å². The number of nitrogens with zero attached hydrogens (tertiary/aromatic N) is 2. The Kier molecular flexibility index (Phi) is 5.26. The van der Waals surface area contributed by atoms with Gasteiger partial charge < -0.3 is 14.4 Å². The summed E-state index contributed by atoms with van der Waals surface area (Å²) in [5, 5.41) is 8.88. The topological polar surface area (TPSA) is 62.6 Å². The summed E-state index contributed by atoms with van der Waals surface area (Å²) in [5.74, 6) is 2.32. The molecule has 1 heterocycles. The average Bonchev–Trinajstić information content (AvgIpc) is 3.27. The van der Waals surface area contributed by atoms with Crippen molar-refractivity contribution in [1.29, 1.82) is 5.26 Å². The summed E-state index contributed by atoms with van der Waals surface area (Å²) in [6, 6.07) is 17.3. The Hall–Kier alpha value is -3.26. The van der Waals surface area contributed by atoms with Gasteiger partial charge in [0, 0.05) is 13.1 Å². The van der Waals surface area contributed by atoms with Crippen LogP contribution >= 0.6 is 0 Å². The molecule has 154 valence electrons. The van der Waals surface area contributed by atoms with Crippen molar-refractivity contribution in [3.8, 4) is 17.6 Å². The fourth-order valence-electron chi connectivity index (χ4n) is 4.07. The van der Waals surface area contributed by atoms with Gasteiger partial charge in [0.05, 0.1) is 11.6 Å². The Balaban J connectivity index is 1.37. The summed E-state index contributed by atoms with van der Waals surface area (Å²) in [6.45, 7) is 7.17. The molecule has 1 aliphatic carbocycles. The highest BCUT2D eigenvalue weighted by Crippen LogP contribution is 2.41. The lowest BCUT2D eigenvalue weighted by molar-refractivity contribution is 0.0285. The molecule has 1 saturated heterocycles. The van der Waals surface area contributed by atoms with E-state index in [1.807, 2.05) is 37.8 Å². The van der Waals surface area contributed by atoms with E-state index in [0.717, 1.165) is 25.3 Å². The molecule has 1 amide bonds. The first-order valence-electron chi connectivity index (χ1n) is 10.3. The van der Waals surface area contributed by atoms with Gasteiger partial charge in [-0.25, -0.2) is 4.79 Å². The van der Waals surface area contributed by atoms with Crippen LogP contribution in [0.25, 0.3) is 5.57 Å². The van der Waals surface area contributed by atoms with E-state index in [1.54, 1.807) is 24.3 Å². The predicted molar refractivity (Wildman–Crippen MR) is 115 cm³/mol. The number of hydrogen-bond acceptors (Lipinski definition) is 4. The number of ether oxygens (including phenoxy) is 2. The van der Waals surface area contributed by atoms with Gasteiger partial charge >= 0.3 is 6.09 Å². The molecule has 1 fully saturated rings. The Morgan fingerprint density at radius 2 is 1.67 bits per heavy atom. The Morgan fingerprint density at radius 3 is 2.23 bits per heavy atom. The van der Waals surface area contributed by atoms with E-state index in [9.17, 15) is 4.79 Å². The quantitative estimate of drug-likeness (QED) is 0.668.